The zero-order valence-electron chi connectivity index (χ0n) is 5.43. The first-order chi connectivity index (χ1) is 3.93. The first-order valence-electron chi connectivity index (χ1n) is 2.23. The van der Waals surface area contributed by atoms with Gasteiger partial charge in [0, 0.05) is 12.4 Å². The Morgan fingerprint density at radius 2 is 1.91 bits per heavy atom. The van der Waals surface area contributed by atoms with E-state index in [2.05, 4.69) is 4.98 Å². The lowest BCUT2D eigenvalue weighted by Crippen LogP contribution is -1.72. The van der Waals surface area contributed by atoms with Crippen molar-refractivity contribution in [1.29, 1.82) is 5.26 Å². The summed E-state index contributed by atoms with van der Waals surface area (Å²) in [6, 6.07) is 5.41. The van der Waals surface area contributed by atoms with Crippen molar-refractivity contribution in [3.63, 3.8) is 0 Å². The summed E-state index contributed by atoms with van der Waals surface area (Å²) in [6.07, 6.45) is 3.17. The molecule has 5 heteroatoms. The van der Waals surface area contributed by atoms with Crippen molar-refractivity contribution in [2.45, 2.75) is 0 Å². The van der Waals surface area contributed by atoms with Crippen LogP contribution in [0.4, 0.5) is 0 Å². The number of pyridine rings is 1. The number of nitrogens with zero attached hydrogens (tertiary/aromatic N) is 2. The second-order valence-electron chi connectivity index (χ2n) is 1.35. The zero-order chi connectivity index (χ0) is 5.82. The first kappa shape index (κ1) is 16.9. The van der Waals surface area contributed by atoms with Crippen LogP contribution in [0.5, 0.6) is 0 Å². The highest BCUT2D eigenvalue weighted by atomic mass is 35.5. The van der Waals surface area contributed by atoms with Crippen LogP contribution < -0.4 is 0 Å². The van der Waals surface area contributed by atoms with E-state index in [0.29, 0.717) is 5.56 Å². The Morgan fingerprint density at radius 3 is 2.18 bits per heavy atom. The van der Waals surface area contributed by atoms with Gasteiger partial charge in [0.15, 0.2) is 0 Å². The highest BCUT2D eigenvalue weighted by Gasteiger charge is 1.80. The van der Waals surface area contributed by atoms with E-state index in [1.807, 2.05) is 6.07 Å². The van der Waals surface area contributed by atoms with Gasteiger partial charge in [0.1, 0.15) is 6.07 Å². The van der Waals surface area contributed by atoms with Crippen LogP contribution in [0.2, 0.25) is 0 Å². The van der Waals surface area contributed by atoms with Crippen LogP contribution in [-0.2, 0) is 0 Å². The second kappa shape index (κ2) is 9.51. The Morgan fingerprint density at radius 1 is 1.27 bits per heavy atom. The lowest BCUT2D eigenvalue weighted by molar-refractivity contribution is 1.30. The molecule has 1 aromatic rings. The highest BCUT2D eigenvalue weighted by Crippen LogP contribution is 1.89. The summed E-state index contributed by atoms with van der Waals surface area (Å²) < 4.78 is 0. The van der Waals surface area contributed by atoms with E-state index >= 15 is 0 Å². The topological polar surface area (TPSA) is 36.7 Å². The molecule has 0 saturated heterocycles. The summed E-state index contributed by atoms with van der Waals surface area (Å²) in [5.74, 6) is 0. The lowest BCUT2D eigenvalue weighted by Gasteiger charge is -1.79. The van der Waals surface area contributed by atoms with Crippen molar-refractivity contribution < 1.29 is 0 Å². The summed E-state index contributed by atoms with van der Waals surface area (Å²) >= 11 is 0. The van der Waals surface area contributed by atoms with Crippen LogP contribution in [0.25, 0.3) is 0 Å². The van der Waals surface area contributed by atoms with Gasteiger partial charge < -0.3 is 0 Å². The molecule has 0 bridgehead atoms. The predicted molar refractivity (Wildman–Crippen MR) is 50.7 cm³/mol. The van der Waals surface area contributed by atoms with Gasteiger partial charge in [-0.15, -0.1) is 37.2 Å². The largest absolute Gasteiger partial charge is 0.263 e. The van der Waals surface area contributed by atoms with Crippen LogP contribution in [-0.4, -0.2) is 4.98 Å². The van der Waals surface area contributed by atoms with Crippen molar-refractivity contribution in [2.24, 2.45) is 0 Å². The lowest BCUT2D eigenvalue weighted by atomic mass is 10.3. The summed E-state index contributed by atoms with van der Waals surface area (Å²) in [6.45, 7) is 0. The molecule has 0 saturated carbocycles. The van der Waals surface area contributed by atoms with E-state index < -0.39 is 0 Å². The van der Waals surface area contributed by atoms with Crippen molar-refractivity contribution in [3.8, 4) is 6.07 Å². The second-order valence-corrected chi connectivity index (χ2v) is 1.35. The maximum atomic E-state index is 8.25. The van der Waals surface area contributed by atoms with Crippen LogP contribution >= 0.6 is 37.2 Å². The molecule has 1 rings (SSSR count). The summed E-state index contributed by atoms with van der Waals surface area (Å²) in [4.78, 5) is 3.73. The molecular formula is C6H7Cl3N2. The number of hydrogen-bond donors (Lipinski definition) is 0. The number of aromatic nitrogens is 1. The molecule has 0 amide bonds. The van der Waals surface area contributed by atoms with E-state index in [9.17, 15) is 0 Å². The van der Waals surface area contributed by atoms with E-state index in [4.69, 9.17) is 5.26 Å². The fourth-order valence-corrected chi connectivity index (χ4v) is 0.429. The standard InChI is InChI=1S/C6H4N2.3ClH/c7-4-6-2-1-3-8-5-6;;;/h1-3,5H;3*1H. The molecule has 1 aromatic heterocycles. The van der Waals surface area contributed by atoms with Crippen molar-refractivity contribution in [1.82, 2.24) is 4.98 Å². The average molecular weight is 213 g/mol. The zero-order valence-corrected chi connectivity index (χ0v) is 7.88. The number of rotatable bonds is 0. The van der Waals surface area contributed by atoms with Gasteiger partial charge in [0.2, 0.25) is 0 Å². The van der Waals surface area contributed by atoms with Gasteiger partial charge in [-0.2, -0.15) is 5.26 Å². The SMILES string of the molecule is Cl.Cl.Cl.N#Cc1cccnc1. The van der Waals surface area contributed by atoms with Gasteiger partial charge in [-0.25, -0.2) is 0 Å². The van der Waals surface area contributed by atoms with Gasteiger partial charge in [-0.05, 0) is 12.1 Å². The average Bonchev–Trinajstić information content (AvgIpc) is 1.90. The molecule has 0 aliphatic rings. The van der Waals surface area contributed by atoms with E-state index in [1.165, 1.54) is 6.20 Å². The third-order valence-electron chi connectivity index (χ3n) is 0.791. The number of nitriles is 1. The van der Waals surface area contributed by atoms with Crippen molar-refractivity contribution >= 4 is 37.2 Å². The smallest absolute Gasteiger partial charge is 0.101 e. The predicted octanol–water partition coefficient (Wildman–Crippen LogP) is 2.22. The molecule has 0 aromatic carbocycles. The molecule has 62 valence electrons. The Balaban J connectivity index is -0.000000213. The summed E-state index contributed by atoms with van der Waals surface area (Å²) in [5, 5.41) is 8.25. The van der Waals surface area contributed by atoms with E-state index in [0.717, 1.165) is 0 Å². The van der Waals surface area contributed by atoms with Crippen LogP contribution in [0.3, 0.4) is 0 Å². The minimum Gasteiger partial charge on any atom is -0.263 e. The third kappa shape index (κ3) is 5.93. The molecule has 0 aliphatic carbocycles. The van der Waals surface area contributed by atoms with Gasteiger partial charge in [-0.1, -0.05) is 0 Å². The first-order valence-corrected chi connectivity index (χ1v) is 2.23. The Kier molecular flexibility index (Phi) is 14.6. The fourth-order valence-electron chi connectivity index (χ4n) is 0.429. The molecule has 11 heavy (non-hydrogen) atoms. The Bertz CT molecular complexity index is 207. The Labute approximate surface area is 83.9 Å². The minimum absolute atomic E-state index is 0. The molecule has 0 spiro atoms. The van der Waals surface area contributed by atoms with Crippen LogP contribution in [0.1, 0.15) is 5.56 Å². The van der Waals surface area contributed by atoms with E-state index in [-0.39, 0.29) is 37.2 Å². The molecule has 0 radical (unpaired) electrons. The van der Waals surface area contributed by atoms with Crippen molar-refractivity contribution in [3.05, 3.63) is 30.1 Å². The monoisotopic (exact) mass is 212 g/mol. The maximum absolute atomic E-state index is 8.25. The molecule has 0 aliphatic heterocycles. The molecule has 2 nitrogen and oxygen atoms in total. The summed E-state index contributed by atoms with van der Waals surface area (Å²) in [5.41, 5.74) is 0.604. The maximum Gasteiger partial charge on any atom is 0.101 e. The van der Waals surface area contributed by atoms with Crippen LogP contribution in [0, 0.1) is 11.3 Å². The Hall–Kier alpha value is -0.490. The van der Waals surface area contributed by atoms with Gasteiger partial charge >= 0.3 is 0 Å². The van der Waals surface area contributed by atoms with E-state index in [1.54, 1.807) is 18.3 Å². The molecular weight excluding hydrogens is 206 g/mol. The highest BCUT2D eigenvalue weighted by molar-refractivity contribution is 5.86. The normalized spacial score (nSPS) is 5.73. The van der Waals surface area contributed by atoms with Gasteiger partial charge in [0.05, 0.1) is 5.56 Å². The summed E-state index contributed by atoms with van der Waals surface area (Å²) in [7, 11) is 0. The molecule has 1 heterocycles. The van der Waals surface area contributed by atoms with Crippen molar-refractivity contribution in [2.75, 3.05) is 0 Å². The molecule has 0 unspecified atom stereocenters. The van der Waals surface area contributed by atoms with Crippen LogP contribution in [0.15, 0.2) is 24.5 Å². The molecule has 0 fully saturated rings. The van der Waals surface area contributed by atoms with Gasteiger partial charge in [-0.3, -0.25) is 4.98 Å². The fraction of sp³-hybridized carbons (Fsp3) is 0. The molecule has 0 atom stereocenters. The minimum atomic E-state index is 0. The quantitative estimate of drug-likeness (QED) is 0.663. The van der Waals surface area contributed by atoms with Gasteiger partial charge in [0.25, 0.3) is 0 Å². The molecule has 0 N–H and O–H groups in total. The third-order valence-corrected chi connectivity index (χ3v) is 0.791. The number of halogens is 3. The number of hydrogen-bond acceptors (Lipinski definition) is 2.